The molecule has 0 unspecified atom stereocenters. The second-order valence-corrected chi connectivity index (χ2v) is 7.96. The van der Waals surface area contributed by atoms with Crippen molar-refractivity contribution in [2.45, 2.75) is 33.4 Å². The van der Waals surface area contributed by atoms with Gasteiger partial charge in [0.2, 0.25) is 0 Å². The molecule has 0 aliphatic carbocycles. The van der Waals surface area contributed by atoms with Gasteiger partial charge in [-0.05, 0) is 35.9 Å². The van der Waals surface area contributed by atoms with Gasteiger partial charge in [0.1, 0.15) is 11.4 Å². The molecular weight excluding hydrogens is 358 g/mol. The summed E-state index contributed by atoms with van der Waals surface area (Å²) >= 11 is 1.64. The Bertz CT molecular complexity index is 871. The summed E-state index contributed by atoms with van der Waals surface area (Å²) in [6.07, 6.45) is 0.873. The van der Waals surface area contributed by atoms with Crippen molar-refractivity contribution in [3.05, 3.63) is 69.7 Å². The van der Waals surface area contributed by atoms with Gasteiger partial charge in [-0.25, -0.2) is 0 Å². The number of methoxy groups -OCH3 is 1. The third kappa shape index (κ3) is 4.98. The van der Waals surface area contributed by atoms with Gasteiger partial charge in [-0.1, -0.05) is 38.1 Å². The Morgan fingerprint density at radius 3 is 2.74 bits per heavy atom. The third-order valence-corrected chi connectivity index (χ3v) is 5.11. The van der Waals surface area contributed by atoms with E-state index in [4.69, 9.17) is 4.74 Å². The zero-order valence-corrected chi connectivity index (χ0v) is 16.8. The Balaban J connectivity index is 1.84. The fourth-order valence-electron chi connectivity index (χ4n) is 3.01. The van der Waals surface area contributed by atoms with Gasteiger partial charge >= 0.3 is 0 Å². The van der Waals surface area contributed by atoms with Crippen LogP contribution in [0.2, 0.25) is 0 Å². The van der Waals surface area contributed by atoms with E-state index in [0.717, 1.165) is 28.3 Å². The number of carbonyl (C=O) groups excluding carboxylic acids is 1. The van der Waals surface area contributed by atoms with Crippen LogP contribution in [-0.4, -0.2) is 28.1 Å². The summed E-state index contributed by atoms with van der Waals surface area (Å²) < 4.78 is 5.46. The van der Waals surface area contributed by atoms with E-state index in [-0.39, 0.29) is 5.91 Å². The molecule has 1 amide bonds. The molecule has 0 saturated carbocycles. The van der Waals surface area contributed by atoms with Gasteiger partial charge in [-0.15, -0.1) is 11.3 Å². The highest BCUT2D eigenvalue weighted by molar-refractivity contribution is 7.09. The Kier molecular flexibility index (Phi) is 6.29. The molecule has 0 spiro atoms. The minimum atomic E-state index is -0.0828. The number of ether oxygens (including phenoxy) is 1. The average Bonchev–Trinajstić information content (AvgIpc) is 3.32. The standard InChI is InChI=1S/C21H25N3O2S/c1-15(2)11-17-12-19(23-22-17)21(25)24(14-18-8-6-10-27-18)13-16-7-4-5-9-20(16)26-3/h4-10,12,15H,11,13-14H2,1-3H3,(H,22,23). The number of para-hydroxylation sites is 1. The van der Waals surface area contributed by atoms with Crippen LogP contribution in [0.15, 0.2) is 47.8 Å². The molecule has 5 nitrogen and oxygen atoms in total. The summed E-state index contributed by atoms with van der Waals surface area (Å²) in [7, 11) is 1.65. The van der Waals surface area contributed by atoms with Crippen LogP contribution >= 0.6 is 11.3 Å². The Morgan fingerprint density at radius 2 is 2.04 bits per heavy atom. The number of nitrogens with one attached hydrogen (secondary N) is 1. The van der Waals surface area contributed by atoms with Crippen molar-refractivity contribution in [3.8, 4) is 5.75 Å². The van der Waals surface area contributed by atoms with Crippen LogP contribution in [0.4, 0.5) is 0 Å². The molecule has 0 saturated heterocycles. The van der Waals surface area contributed by atoms with Gasteiger partial charge in [0.05, 0.1) is 20.2 Å². The van der Waals surface area contributed by atoms with Gasteiger partial charge < -0.3 is 9.64 Å². The summed E-state index contributed by atoms with van der Waals surface area (Å²) in [5.74, 6) is 1.20. The number of hydrogen-bond donors (Lipinski definition) is 1. The molecule has 1 aromatic carbocycles. The van der Waals surface area contributed by atoms with Crippen LogP contribution in [0.1, 0.15) is 40.5 Å². The first kappa shape index (κ1) is 19.2. The smallest absolute Gasteiger partial charge is 0.274 e. The Hall–Kier alpha value is -2.60. The molecule has 0 bridgehead atoms. The molecule has 142 valence electrons. The molecule has 1 N–H and O–H groups in total. The highest BCUT2D eigenvalue weighted by Gasteiger charge is 2.21. The topological polar surface area (TPSA) is 58.2 Å². The van der Waals surface area contributed by atoms with Crippen LogP contribution in [0, 0.1) is 5.92 Å². The lowest BCUT2D eigenvalue weighted by Gasteiger charge is -2.22. The molecule has 6 heteroatoms. The number of thiophene rings is 1. The fourth-order valence-corrected chi connectivity index (χ4v) is 3.73. The minimum Gasteiger partial charge on any atom is -0.496 e. The van der Waals surface area contributed by atoms with E-state index in [1.54, 1.807) is 18.4 Å². The highest BCUT2D eigenvalue weighted by atomic mass is 32.1. The molecule has 0 atom stereocenters. The SMILES string of the molecule is COc1ccccc1CN(Cc1cccs1)C(=O)c1cc(CC(C)C)[nH]n1. The summed E-state index contributed by atoms with van der Waals surface area (Å²) in [5.41, 5.74) is 2.42. The van der Waals surface area contributed by atoms with E-state index in [1.807, 2.05) is 52.7 Å². The first-order chi connectivity index (χ1) is 13.1. The molecule has 2 aromatic heterocycles. The van der Waals surface area contributed by atoms with Gasteiger partial charge in [-0.2, -0.15) is 5.10 Å². The van der Waals surface area contributed by atoms with Crippen molar-refractivity contribution >= 4 is 17.2 Å². The van der Waals surface area contributed by atoms with E-state index >= 15 is 0 Å². The monoisotopic (exact) mass is 383 g/mol. The van der Waals surface area contributed by atoms with Crippen molar-refractivity contribution in [2.24, 2.45) is 5.92 Å². The van der Waals surface area contributed by atoms with E-state index in [0.29, 0.717) is 24.7 Å². The Labute approximate surface area is 164 Å². The van der Waals surface area contributed by atoms with Crippen molar-refractivity contribution in [3.63, 3.8) is 0 Å². The summed E-state index contributed by atoms with van der Waals surface area (Å²) in [5, 5.41) is 9.28. The number of rotatable bonds is 8. The lowest BCUT2D eigenvalue weighted by Crippen LogP contribution is -2.30. The summed E-state index contributed by atoms with van der Waals surface area (Å²) in [6.45, 7) is 5.30. The van der Waals surface area contributed by atoms with E-state index in [1.165, 1.54) is 0 Å². The predicted octanol–water partition coefficient (Wildman–Crippen LogP) is 4.52. The lowest BCUT2D eigenvalue weighted by atomic mass is 10.1. The second kappa shape index (κ2) is 8.86. The van der Waals surface area contributed by atoms with Crippen molar-refractivity contribution in [1.29, 1.82) is 0 Å². The minimum absolute atomic E-state index is 0.0828. The van der Waals surface area contributed by atoms with Crippen molar-refractivity contribution in [1.82, 2.24) is 15.1 Å². The molecule has 2 heterocycles. The van der Waals surface area contributed by atoms with E-state index < -0.39 is 0 Å². The molecular formula is C21H25N3O2S. The maximum Gasteiger partial charge on any atom is 0.274 e. The fraction of sp³-hybridized carbons (Fsp3) is 0.333. The van der Waals surface area contributed by atoms with Gasteiger partial charge in [0.15, 0.2) is 0 Å². The number of H-pyrrole nitrogens is 1. The molecule has 0 radical (unpaired) electrons. The third-order valence-electron chi connectivity index (χ3n) is 4.25. The second-order valence-electron chi connectivity index (χ2n) is 6.93. The largest absolute Gasteiger partial charge is 0.496 e. The van der Waals surface area contributed by atoms with Crippen molar-refractivity contribution < 1.29 is 9.53 Å². The molecule has 0 aliphatic rings. The van der Waals surface area contributed by atoms with Crippen LogP contribution < -0.4 is 4.74 Å². The molecule has 3 aromatic rings. The predicted molar refractivity (Wildman–Crippen MR) is 108 cm³/mol. The number of nitrogens with zero attached hydrogens (tertiary/aromatic N) is 2. The number of carbonyl (C=O) groups is 1. The average molecular weight is 384 g/mol. The van der Waals surface area contributed by atoms with Gasteiger partial charge in [0, 0.05) is 16.1 Å². The maximum absolute atomic E-state index is 13.2. The maximum atomic E-state index is 13.2. The number of aromatic amines is 1. The quantitative estimate of drug-likeness (QED) is 0.622. The molecule has 27 heavy (non-hydrogen) atoms. The zero-order valence-electron chi connectivity index (χ0n) is 15.9. The van der Waals surface area contributed by atoms with Crippen LogP contribution in [0.25, 0.3) is 0 Å². The normalized spacial score (nSPS) is 11.0. The first-order valence-corrected chi connectivity index (χ1v) is 9.92. The number of amides is 1. The van der Waals surface area contributed by atoms with Gasteiger partial charge in [0.25, 0.3) is 5.91 Å². The molecule has 3 rings (SSSR count). The van der Waals surface area contributed by atoms with Gasteiger partial charge in [-0.3, -0.25) is 9.89 Å². The summed E-state index contributed by atoms with van der Waals surface area (Å²) in [4.78, 5) is 16.1. The Morgan fingerprint density at radius 1 is 1.22 bits per heavy atom. The highest BCUT2D eigenvalue weighted by Crippen LogP contribution is 2.23. The number of hydrogen-bond acceptors (Lipinski definition) is 4. The van der Waals surface area contributed by atoms with Crippen LogP contribution in [-0.2, 0) is 19.5 Å². The number of benzene rings is 1. The van der Waals surface area contributed by atoms with Crippen LogP contribution in [0.5, 0.6) is 5.75 Å². The first-order valence-electron chi connectivity index (χ1n) is 9.04. The van der Waals surface area contributed by atoms with E-state index in [9.17, 15) is 4.79 Å². The van der Waals surface area contributed by atoms with Crippen LogP contribution in [0.3, 0.4) is 0 Å². The van der Waals surface area contributed by atoms with E-state index in [2.05, 4.69) is 24.0 Å². The van der Waals surface area contributed by atoms with Crippen molar-refractivity contribution in [2.75, 3.05) is 7.11 Å². The summed E-state index contributed by atoms with van der Waals surface area (Å²) in [6, 6.07) is 13.7. The number of aromatic nitrogens is 2. The molecule has 0 aliphatic heterocycles. The lowest BCUT2D eigenvalue weighted by molar-refractivity contribution is 0.0724. The molecule has 0 fully saturated rings. The zero-order chi connectivity index (χ0) is 19.2.